The largest absolute Gasteiger partial charge is 0.316 e. The van der Waals surface area contributed by atoms with Gasteiger partial charge in [-0.05, 0) is 66.8 Å². The topological polar surface area (TPSA) is 12.0 Å². The van der Waals surface area contributed by atoms with Gasteiger partial charge in [0.2, 0.25) is 0 Å². The maximum Gasteiger partial charge on any atom is 0.0408 e. The van der Waals surface area contributed by atoms with Crippen LogP contribution in [0.3, 0.4) is 0 Å². The van der Waals surface area contributed by atoms with E-state index in [-0.39, 0.29) is 0 Å². The zero-order chi connectivity index (χ0) is 14.8. The fourth-order valence-electron chi connectivity index (χ4n) is 3.37. The minimum absolute atomic E-state index is 0.510. The molecule has 0 aromatic heterocycles. The van der Waals surface area contributed by atoms with Crippen LogP contribution in [-0.2, 0) is 0 Å². The van der Waals surface area contributed by atoms with Crippen molar-refractivity contribution in [3.63, 3.8) is 0 Å². The first-order valence-corrected chi connectivity index (χ1v) is 8.54. The number of benzene rings is 2. The van der Waals surface area contributed by atoms with E-state index in [9.17, 15) is 0 Å². The summed E-state index contributed by atoms with van der Waals surface area (Å²) in [4.78, 5) is 0. The molecule has 0 bridgehead atoms. The van der Waals surface area contributed by atoms with Gasteiger partial charge < -0.3 is 5.32 Å². The summed E-state index contributed by atoms with van der Waals surface area (Å²) in [6.45, 7) is 4.28. The summed E-state index contributed by atoms with van der Waals surface area (Å²) < 4.78 is 1.15. The van der Waals surface area contributed by atoms with Gasteiger partial charge in [0.15, 0.2) is 0 Å². The number of halogens is 2. The van der Waals surface area contributed by atoms with E-state index < -0.39 is 0 Å². The van der Waals surface area contributed by atoms with Gasteiger partial charge in [0.05, 0.1) is 0 Å². The molecule has 21 heavy (non-hydrogen) atoms. The Hall–Kier alpha value is -0.830. The molecule has 1 saturated heterocycles. The third-order valence-electron chi connectivity index (χ3n) is 4.39. The highest BCUT2D eigenvalue weighted by Crippen LogP contribution is 2.39. The highest BCUT2D eigenvalue weighted by Gasteiger charge is 2.28. The van der Waals surface area contributed by atoms with Gasteiger partial charge in [0.25, 0.3) is 0 Å². The normalized spacial score (nSPS) is 22.2. The van der Waals surface area contributed by atoms with Crippen molar-refractivity contribution in [3.05, 3.63) is 68.7 Å². The maximum atomic E-state index is 6.11. The van der Waals surface area contributed by atoms with Crippen molar-refractivity contribution in [2.75, 3.05) is 13.1 Å². The summed E-state index contributed by atoms with van der Waals surface area (Å²) >= 11 is 9.70. The van der Waals surface area contributed by atoms with Crippen molar-refractivity contribution in [2.45, 2.75) is 25.2 Å². The Morgan fingerprint density at radius 3 is 2.76 bits per heavy atom. The zero-order valence-corrected chi connectivity index (χ0v) is 14.4. The van der Waals surface area contributed by atoms with E-state index in [1.54, 1.807) is 0 Å². The van der Waals surface area contributed by atoms with Crippen molar-refractivity contribution in [3.8, 4) is 0 Å². The summed E-state index contributed by atoms with van der Waals surface area (Å²) in [5, 5.41) is 4.37. The molecule has 2 aromatic carbocycles. The number of rotatable bonds is 2. The van der Waals surface area contributed by atoms with E-state index in [4.69, 9.17) is 11.6 Å². The number of hydrogen-bond acceptors (Lipinski definition) is 1. The van der Waals surface area contributed by atoms with Gasteiger partial charge in [0, 0.05) is 22.0 Å². The number of nitrogens with one attached hydrogen (secondary N) is 1. The fourth-order valence-corrected chi connectivity index (χ4v) is 4.02. The van der Waals surface area contributed by atoms with E-state index in [0.29, 0.717) is 11.8 Å². The van der Waals surface area contributed by atoms with Gasteiger partial charge in [0.1, 0.15) is 0 Å². The summed E-state index contributed by atoms with van der Waals surface area (Å²) in [7, 11) is 0. The quantitative estimate of drug-likeness (QED) is 0.765. The second-order valence-corrected chi connectivity index (χ2v) is 7.11. The molecule has 0 amide bonds. The lowest BCUT2D eigenvalue weighted by Gasteiger charge is -2.34. The zero-order valence-electron chi connectivity index (χ0n) is 12.1. The Bertz CT molecular complexity index is 641. The van der Waals surface area contributed by atoms with Crippen LogP contribution in [0.5, 0.6) is 0 Å². The van der Waals surface area contributed by atoms with Crippen molar-refractivity contribution in [2.24, 2.45) is 0 Å². The van der Waals surface area contributed by atoms with Crippen LogP contribution in [0.4, 0.5) is 0 Å². The van der Waals surface area contributed by atoms with Crippen molar-refractivity contribution in [1.29, 1.82) is 0 Å². The third-order valence-corrected chi connectivity index (χ3v) is 5.12. The minimum atomic E-state index is 0.510. The molecule has 3 rings (SSSR count). The minimum Gasteiger partial charge on any atom is -0.316 e. The molecule has 0 radical (unpaired) electrons. The Morgan fingerprint density at radius 1 is 1.14 bits per heavy atom. The fraction of sp³-hybridized carbons (Fsp3) is 0.333. The molecule has 2 aromatic rings. The summed E-state index contributed by atoms with van der Waals surface area (Å²) in [5.41, 5.74) is 4.14. The van der Waals surface area contributed by atoms with Crippen molar-refractivity contribution < 1.29 is 0 Å². The molecule has 0 spiro atoms. The van der Waals surface area contributed by atoms with Gasteiger partial charge in [-0.25, -0.2) is 0 Å². The van der Waals surface area contributed by atoms with Crippen LogP contribution >= 0.6 is 27.5 Å². The van der Waals surface area contributed by atoms with E-state index in [1.807, 2.05) is 6.07 Å². The number of piperidine rings is 1. The van der Waals surface area contributed by atoms with Crippen LogP contribution in [0.1, 0.15) is 34.9 Å². The summed E-state index contributed by atoms with van der Waals surface area (Å²) in [6, 6.07) is 15.0. The molecular formula is C18H19BrClN. The predicted molar refractivity (Wildman–Crippen MR) is 93.3 cm³/mol. The first-order valence-electron chi connectivity index (χ1n) is 7.37. The predicted octanol–water partition coefficient (Wildman–Crippen LogP) is 5.27. The highest BCUT2D eigenvalue weighted by molar-refractivity contribution is 9.10. The van der Waals surface area contributed by atoms with Crippen LogP contribution < -0.4 is 5.32 Å². The van der Waals surface area contributed by atoms with Gasteiger partial charge in [-0.2, -0.15) is 0 Å². The smallest absolute Gasteiger partial charge is 0.0408 e. The second-order valence-electron chi connectivity index (χ2n) is 5.76. The van der Waals surface area contributed by atoms with Crippen LogP contribution in [0, 0.1) is 6.92 Å². The Balaban J connectivity index is 1.98. The standard InChI is InChI=1S/C18H19BrClN/c1-12-9-15(20)5-6-16(12)17-7-8-21-11-18(17)13-3-2-4-14(19)10-13/h2-6,9-10,17-18,21H,7-8,11H2,1H3. The molecule has 0 aliphatic carbocycles. The Labute approximate surface area is 139 Å². The lowest BCUT2D eigenvalue weighted by Crippen LogP contribution is -2.34. The molecular weight excluding hydrogens is 346 g/mol. The first kappa shape index (κ1) is 15.1. The van der Waals surface area contributed by atoms with E-state index in [0.717, 1.165) is 22.6 Å². The Kier molecular flexibility index (Phi) is 4.68. The van der Waals surface area contributed by atoms with Crippen LogP contribution in [-0.4, -0.2) is 13.1 Å². The van der Waals surface area contributed by atoms with Gasteiger partial charge in [-0.3, -0.25) is 0 Å². The van der Waals surface area contributed by atoms with Crippen LogP contribution in [0.25, 0.3) is 0 Å². The number of aryl methyl sites for hydroxylation is 1. The molecule has 1 N–H and O–H groups in total. The van der Waals surface area contributed by atoms with Crippen molar-refractivity contribution >= 4 is 27.5 Å². The first-order chi connectivity index (χ1) is 10.1. The molecule has 2 atom stereocenters. The van der Waals surface area contributed by atoms with E-state index in [2.05, 4.69) is 64.6 Å². The Morgan fingerprint density at radius 2 is 2.00 bits per heavy atom. The summed E-state index contributed by atoms with van der Waals surface area (Å²) in [5.74, 6) is 1.06. The average Bonchev–Trinajstić information content (AvgIpc) is 2.47. The van der Waals surface area contributed by atoms with E-state index in [1.165, 1.54) is 23.1 Å². The molecule has 1 aliphatic rings. The van der Waals surface area contributed by atoms with Crippen LogP contribution in [0.15, 0.2) is 46.9 Å². The molecule has 1 aliphatic heterocycles. The van der Waals surface area contributed by atoms with Gasteiger partial charge in [-0.1, -0.05) is 45.7 Å². The average molecular weight is 365 g/mol. The molecule has 110 valence electrons. The molecule has 1 fully saturated rings. The van der Waals surface area contributed by atoms with Crippen molar-refractivity contribution in [1.82, 2.24) is 5.32 Å². The van der Waals surface area contributed by atoms with Gasteiger partial charge in [-0.15, -0.1) is 0 Å². The van der Waals surface area contributed by atoms with Crippen LogP contribution in [0.2, 0.25) is 5.02 Å². The van der Waals surface area contributed by atoms with Gasteiger partial charge >= 0.3 is 0 Å². The molecule has 0 saturated carbocycles. The lowest BCUT2D eigenvalue weighted by atomic mass is 9.76. The highest BCUT2D eigenvalue weighted by atomic mass is 79.9. The molecule has 2 unspecified atom stereocenters. The summed E-state index contributed by atoms with van der Waals surface area (Å²) in [6.07, 6.45) is 1.17. The number of hydrogen-bond donors (Lipinski definition) is 1. The second kappa shape index (κ2) is 6.51. The maximum absolute atomic E-state index is 6.11. The molecule has 1 nitrogen and oxygen atoms in total. The third kappa shape index (κ3) is 3.33. The molecule has 3 heteroatoms. The molecule has 1 heterocycles. The SMILES string of the molecule is Cc1cc(Cl)ccc1C1CCNCC1c1cccc(Br)c1. The monoisotopic (exact) mass is 363 g/mol. The lowest BCUT2D eigenvalue weighted by molar-refractivity contribution is 0.403. The van der Waals surface area contributed by atoms with E-state index >= 15 is 0 Å².